The molecule has 0 aromatic carbocycles. The number of carbonyl (C=O) groups is 1. The van der Waals surface area contributed by atoms with Crippen molar-refractivity contribution in [3.63, 3.8) is 0 Å². The molecule has 1 saturated carbocycles. The van der Waals surface area contributed by atoms with Crippen LogP contribution in [-0.2, 0) is 9.53 Å². The van der Waals surface area contributed by atoms with Crippen LogP contribution in [0.1, 0.15) is 51.4 Å². The lowest BCUT2D eigenvalue weighted by atomic mass is 9.80. The Balaban J connectivity index is 1.38. The van der Waals surface area contributed by atoms with Crippen LogP contribution in [0.5, 0.6) is 0 Å². The van der Waals surface area contributed by atoms with Gasteiger partial charge in [-0.25, -0.2) is 0 Å². The zero-order valence-corrected chi connectivity index (χ0v) is 14.4. The molecule has 0 spiro atoms. The molecule has 0 bridgehead atoms. The van der Waals surface area contributed by atoms with Gasteiger partial charge < -0.3 is 15.4 Å². The summed E-state index contributed by atoms with van der Waals surface area (Å²) in [7, 11) is 0. The Kier molecular flexibility index (Phi) is 6.22. The molecule has 25 heavy (non-hydrogen) atoms. The van der Waals surface area contributed by atoms with E-state index in [1.165, 1.54) is 12.8 Å². The van der Waals surface area contributed by atoms with Crippen LogP contribution in [-0.4, -0.2) is 49.6 Å². The molecule has 5 unspecified atom stereocenters. The molecule has 3 N–H and O–H groups in total. The maximum atomic E-state index is 12.8. The van der Waals surface area contributed by atoms with Crippen LogP contribution in [0, 0.1) is 5.92 Å². The quantitative estimate of drug-likeness (QED) is 0.716. The van der Waals surface area contributed by atoms with Crippen molar-refractivity contribution in [1.82, 2.24) is 16.0 Å². The predicted octanol–water partition coefficient (Wildman–Crippen LogP) is 2.07. The van der Waals surface area contributed by atoms with Gasteiger partial charge >= 0.3 is 6.18 Å². The Labute approximate surface area is 146 Å². The summed E-state index contributed by atoms with van der Waals surface area (Å²) in [4.78, 5) is 12.3. The summed E-state index contributed by atoms with van der Waals surface area (Å²) in [5.74, 6) is 0.458. The molecular weight excluding hydrogens is 335 g/mol. The number of carbonyl (C=O) groups excluding carboxylic acids is 1. The Morgan fingerprint density at radius 1 is 1.12 bits per heavy atom. The highest BCUT2D eigenvalue weighted by Crippen LogP contribution is 2.35. The van der Waals surface area contributed by atoms with Crippen molar-refractivity contribution < 1.29 is 22.7 Å². The van der Waals surface area contributed by atoms with Gasteiger partial charge in [0.25, 0.3) is 0 Å². The number of alkyl halides is 3. The van der Waals surface area contributed by atoms with Crippen LogP contribution in [0.25, 0.3) is 0 Å². The van der Waals surface area contributed by atoms with Gasteiger partial charge in [-0.1, -0.05) is 12.8 Å². The molecule has 0 radical (unpaired) electrons. The normalized spacial score (nSPS) is 36.5. The molecule has 5 nitrogen and oxygen atoms in total. The topological polar surface area (TPSA) is 62.4 Å². The van der Waals surface area contributed by atoms with E-state index in [0.717, 1.165) is 25.7 Å². The number of hydrogen-bond donors (Lipinski definition) is 3. The Bertz CT molecular complexity index is 461. The van der Waals surface area contributed by atoms with Gasteiger partial charge in [-0.3, -0.25) is 10.1 Å². The minimum Gasteiger partial charge on any atom is -0.365 e. The Morgan fingerprint density at radius 2 is 1.92 bits per heavy atom. The number of rotatable bonds is 4. The maximum Gasteiger partial charge on any atom is 0.403 e. The molecule has 3 fully saturated rings. The van der Waals surface area contributed by atoms with Gasteiger partial charge in [-0.05, 0) is 51.0 Å². The molecule has 3 rings (SSSR count). The fourth-order valence-corrected chi connectivity index (χ4v) is 4.20. The van der Waals surface area contributed by atoms with Gasteiger partial charge in [0.15, 0.2) is 0 Å². The van der Waals surface area contributed by atoms with E-state index in [1.54, 1.807) is 0 Å². The van der Waals surface area contributed by atoms with E-state index in [2.05, 4.69) is 16.0 Å². The van der Waals surface area contributed by atoms with Crippen molar-refractivity contribution in [2.24, 2.45) is 5.92 Å². The van der Waals surface area contributed by atoms with Gasteiger partial charge in [0.2, 0.25) is 5.91 Å². The number of ether oxygens (including phenoxy) is 1. The molecule has 1 aliphatic carbocycles. The van der Waals surface area contributed by atoms with Crippen LogP contribution in [0.2, 0.25) is 0 Å². The second kappa shape index (κ2) is 8.22. The Morgan fingerprint density at radius 3 is 2.72 bits per heavy atom. The second-order valence-electron chi connectivity index (χ2n) is 7.42. The van der Waals surface area contributed by atoms with E-state index >= 15 is 0 Å². The lowest BCUT2D eigenvalue weighted by molar-refractivity contribution is -0.163. The monoisotopic (exact) mass is 363 g/mol. The van der Waals surface area contributed by atoms with Crippen molar-refractivity contribution in [1.29, 1.82) is 0 Å². The third kappa shape index (κ3) is 5.08. The van der Waals surface area contributed by atoms with E-state index in [1.807, 2.05) is 0 Å². The molecule has 8 heteroatoms. The molecule has 2 aliphatic heterocycles. The second-order valence-corrected chi connectivity index (χ2v) is 7.42. The largest absolute Gasteiger partial charge is 0.403 e. The van der Waals surface area contributed by atoms with Crippen LogP contribution in [0.4, 0.5) is 13.2 Å². The first-order chi connectivity index (χ1) is 11.9. The van der Waals surface area contributed by atoms with Gasteiger partial charge in [-0.15, -0.1) is 0 Å². The summed E-state index contributed by atoms with van der Waals surface area (Å²) in [6.07, 6.45) is 1.98. The van der Waals surface area contributed by atoms with Crippen molar-refractivity contribution in [2.75, 3.05) is 13.1 Å². The molecule has 144 valence electrons. The molecule has 3 aliphatic rings. The number of fused-ring (bicyclic) bond motifs is 1. The van der Waals surface area contributed by atoms with Crippen LogP contribution in [0.15, 0.2) is 0 Å². The van der Waals surface area contributed by atoms with Crippen molar-refractivity contribution in [3.05, 3.63) is 0 Å². The first-order valence-corrected chi connectivity index (χ1v) is 9.43. The minimum atomic E-state index is -4.23. The van der Waals surface area contributed by atoms with E-state index in [4.69, 9.17) is 4.74 Å². The predicted molar refractivity (Wildman–Crippen MR) is 86.9 cm³/mol. The summed E-state index contributed by atoms with van der Waals surface area (Å²) < 4.78 is 44.3. The van der Waals surface area contributed by atoms with Crippen molar-refractivity contribution >= 4 is 5.91 Å². The summed E-state index contributed by atoms with van der Waals surface area (Å²) in [5, 5.41) is 8.41. The number of hydrogen-bond acceptors (Lipinski definition) is 4. The molecule has 2 saturated heterocycles. The average Bonchev–Trinajstić information content (AvgIpc) is 2.61. The zero-order chi connectivity index (χ0) is 17.9. The van der Waals surface area contributed by atoms with Crippen LogP contribution < -0.4 is 16.0 Å². The lowest BCUT2D eigenvalue weighted by Gasteiger charge is -2.39. The highest BCUT2D eigenvalue weighted by atomic mass is 19.4. The van der Waals surface area contributed by atoms with Gasteiger partial charge in [-0.2, -0.15) is 13.2 Å². The zero-order valence-electron chi connectivity index (χ0n) is 14.4. The third-order valence-corrected chi connectivity index (χ3v) is 5.62. The van der Waals surface area contributed by atoms with E-state index in [9.17, 15) is 18.0 Å². The minimum absolute atomic E-state index is 0.0326. The first-order valence-electron chi connectivity index (χ1n) is 9.43. The van der Waals surface area contributed by atoms with E-state index < -0.39 is 24.5 Å². The molecule has 5 atom stereocenters. The molecule has 2 heterocycles. The summed E-state index contributed by atoms with van der Waals surface area (Å²) in [6, 6.07) is -1.47. The number of amides is 1. The van der Waals surface area contributed by atoms with Gasteiger partial charge in [0.05, 0.1) is 12.3 Å². The first kappa shape index (κ1) is 18.9. The van der Waals surface area contributed by atoms with Crippen molar-refractivity contribution in [3.8, 4) is 0 Å². The van der Waals surface area contributed by atoms with Gasteiger partial charge in [0.1, 0.15) is 12.1 Å². The highest BCUT2D eigenvalue weighted by Gasteiger charge is 2.42. The molecular formula is C17H28F3N3O2. The maximum absolute atomic E-state index is 12.8. The molecule has 0 aromatic heterocycles. The number of nitrogens with one attached hydrogen (secondary N) is 3. The fourth-order valence-electron chi connectivity index (χ4n) is 4.20. The summed E-state index contributed by atoms with van der Waals surface area (Å²) >= 11 is 0. The average molecular weight is 363 g/mol. The Hall–Kier alpha value is -0.860. The standard InChI is InChI=1S/C17H28F3N3O2/c18-17(19,20)14-7-9-21-15(23-14)8-10-22-16(24)13-6-5-11-3-1-2-4-12(11)25-13/h11-15,21,23H,1-10H2,(H,22,24). The number of halogens is 3. The van der Waals surface area contributed by atoms with Crippen LogP contribution >= 0.6 is 0 Å². The fraction of sp³-hybridized carbons (Fsp3) is 0.941. The summed E-state index contributed by atoms with van der Waals surface area (Å²) in [5.41, 5.74) is 0. The summed E-state index contributed by atoms with van der Waals surface area (Å²) in [6.45, 7) is 0.659. The van der Waals surface area contributed by atoms with E-state index in [-0.39, 0.29) is 18.4 Å². The lowest BCUT2D eigenvalue weighted by Crippen LogP contribution is -2.59. The van der Waals surface area contributed by atoms with Crippen molar-refractivity contribution in [2.45, 2.75) is 82.0 Å². The molecule has 1 amide bonds. The SMILES string of the molecule is O=C(NCCC1NCCC(C(F)(F)F)N1)C1CCC2CCCCC2O1. The highest BCUT2D eigenvalue weighted by molar-refractivity contribution is 5.80. The molecule has 0 aromatic rings. The van der Waals surface area contributed by atoms with Gasteiger partial charge in [0, 0.05) is 6.54 Å². The third-order valence-electron chi connectivity index (χ3n) is 5.62. The smallest absolute Gasteiger partial charge is 0.365 e. The van der Waals surface area contributed by atoms with Crippen LogP contribution in [0.3, 0.4) is 0 Å². The van der Waals surface area contributed by atoms with E-state index in [0.29, 0.717) is 25.4 Å².